The quantitative estimate of drug-likeness (QED) is 0.0734. The van der Waals surface area contributed by atoms with Gasteiger partial charge >= 0.3 is 30.4 Å². The molecule has 13 heteroatoms. The molecule has 0 amide bonds. The number of ether oxygens (including phenoxy) is 8. The van der Waals surface area contributed by atoms with Crippen molar-refractivity contribution >= 4 is 36.5 Å². The number of hydrogen-bond donors (Lipinski definition) is 0. The minimum atomic E-state index is -0.779. The first kappa shape index (κ1) is 45.3. The highest BCUT2D eigenvalue weighted by molar-refractivity contribution is 5.86. The average molecular weight is 681 g/mol. The van der Waals surface area contributed by atoms with Crippen molar-refractivity contribution in [3.8, 4) is 5.75 Å². The molecule has 0 aliphatic carbocycles. The Morgan fingerprint density at radius 1 is 0.625 bits per heavy atom. The second-order valence-corrected chi connectivity index (χ2v) is 12.6. The second kappa shape index (κ2) is 22.7. The number of carbonyl (C=O) groups excluding carboxylic acids is 5. The summed E-state index contributed by atoms with van der Waals surface area (Å²) in [6.45, 7) is 27.9. The van der Waals surface area contributed by atoms with Gasteiger partial charge in [0.25, 0.3) is 0 Å². The fourth-order valence-corrected chi connectivity index (χ4v) is 2.43. The molecule has 0 aromatic heterocycles. The van der Waals surface area contributed by atoms with Gasteiger partial charge in [0.2, 0.25) is 0 Å². The second-order valence-electron chi connectivity index (χ2n) is 12.6. The third kappa shape index (κ3) is 29.9. The van der Waals surface area contributed by atoms with Crippen molar-refractivity contribution in [1.82, 2.24) is 0 Å². The molecule has 0 spiro atoms. The van der Waals surface area contributed by atoms with Crippen molar-refractivity contribution in [2.24, 2.45) is 0 Å². The summed E-state index contributed by atoms with van der Waals surface area (Å²) in [5.74, 6) is -0.537. The van der Waals surface area contributed by atoms with Crippen LogP contribution >= 0.6 is 0 Å². The maximum Gasteiger partial charge on any atom is 0.514 e. The van der Waals surface area contributed by atoms with Gasteiger partial charge in [-0.25, -0.2) is 24.0 Å². The lowest BCUT2D eigenvalue weighted by Gasteiger charge is -2.18. The predicted molar refractivity (Wildman–Crippen MR) is 179 cm³/mol. The Kier molecular flexibility index (Phi) is 21.4. The molecule has 0 N–H and O–H groups in total. The molecule has 1 aromatic rings. The van der Waals surface area contributed by atoms with Crippen LogP contribution in [0.2, 0.25) is 0 Å². The maximum atomic E-state index is 11.3. The fraction of sp³-hybridized carbons (Fsp3) is 0.514. The Morgan fingerprint density at radius 2 is 1.04 bits per heavy atom. The van der Waals surface area contributed by atoms with Gasteiger partial charge in [-0.2, -0.15) is 0 Å². The van der Waals surface area contributed by atoms with Crippen LogP contribution in [0.5, 0.6) is 5.75 Å². The molecule has 0 atom stereocenters. The van der Waals surface area contributed by atoms with Crippen LogP contribution in [-0.4, -0.2) is 73.6 Å². The third-order valence-corrected chi connectivity index (χ3v) is 4.29. The van der Waals surface area contributed by atoms with Gasteiger partial charge in [-0.05, 0) is 86.9 Å². The first-order chi connectivity index (χ1) is 22.0. The van der Waals surface area contributed by atoms with E-state index in [-0.39, 0.29) is 26.4 Å². The number of hydrogen-bond acceptors (Lipinski definition) is 13. The summed E-state index contributed by atoms with van der Waals surface area (Å²) < 4.78 is 38.6. The van der Waals surface area contributed by atoms with Crippen LogP contribution in [0.15, 0.2) is 55.7 Å². The zero-order chi connectivity index (χ0) is 37.6. The first-order valence-electron chi connectivity index (χ1n) is 14.9. The molecule has 48 heavy (non-hydrogen) atoms. The van der Waals surface area contributed by atoms with E-state index < -0.39 is 47.2 Å². The van der Waals surface area contributed by atoms with E-state index in [2.05, 4.69) is 29.2 Å². The molecule has 0 radical (unpaired) electrons. The van der Waals surface area contributed by atoms with Crippen LogP contribution < -0.4 is 4.74 Å². The Hall–Kier alpha value is -4.81. The highest BCUT2D eigenvalue weighted by Crippen LogP contribution is 2.16. The zero-order valence-corrected chi connectivity index (χ0v) is 29.9. The predicted octanol–water partition coefficient (Wildman–Crippen LogP) is 7.76. The van der Waals surface area contributed by atoms with Crippen LogP contribution in [0.1, 0.15) is 81.2 Å². The minimum Gasteiger partial charge on any atom is -0.462 e. The minimum absolute atomic E-state index is 0.00899. The largest absolute Gasteiger partial charge is 0.514 e. The van der Waals surface area contributed by atoms with E-state index in [1.54, 1.807) is 80.5 Å². The molecule has 0 aliphatic rings. The number of esters is 2. The molecule has 270 valence electrons. The number of carbonyl (C=O) groups is 5. The van der Waals surface area contributed by atoms with Gasteiger partial charge in [0.15, 0.2) is 0 Å². The lowest BCUT2D eigenvalue weighted by Crippen LogP contribution is -2.25. The van der Waals surface area contributed by atoms with E-state index in [9.17, 15) is 24.0 Å². The van der Waals surface area contributed by atoms with Crippen molar-refractivity contribution in [1.29, 1.82) is 0 Å². The van der Waals surface area contributed by atoms with E-state index >= 15 is 0 Å². The number of benzene rings is 1. The van der Waals surface area contributed by atoms with E-state index in [4.69, 9.17) is 28.4 Å². The molecule has 0 saturated carbocycles. The lowest BCUT2D eigenvalue weighted by molar-refractivity contribution is -0.140. The van der Waals surface area contributed by atoms with Crippen molar-refractivity contribution in [3.05, 3.63) is 61.2 Å². The van der Waals surface area contributed by atoms with Crippen LogP contribution in [0, 0.1) is 0 Å². The molecular formula is C35H52O13. The van der Waals surface area contributed by atoms with E-state index in [0.717, 1.165) is 11.6 Å². The molecule has 0 bridgehead atoms. The molecule has 13 nitrogen and oxygen atoms in total. The Balaban J connectivity index is 0. The molecule has 1 rings (SSSR count). The van der Waals surface area contributed by atoms with Gasteiger partial charge in [0, 0.05) is 18.1 Å². The molecule has 0 aliphatic heterocycles. The Bertz CT molecular complexity index is 1190. The normalized spacial score (nSPS) is 10.5. The third-order valence-electron chi connectivity index (χ3n) is 4.29. The fourth-order valence-electron chi connectivity index (χ4n) is 2.43. The molecule has 0 fully saturated rings. The van der Waals surface area contributed by atoms with E-state index in [0.29, 0.717) is 17.7 Å². The summed E-state index contributed by atoms with van der Waals surface area (Å²) in [6.07, 6.45) is 1.03. The van der Waals surface area contributed by atoms with Crippen LogP contribution in [0.3, 0.4) is 0 Å². The standard InChI is InChI=1S/C13H16O3.2C11H18O5/c1-5-10-6-8-11(9-7-10)15-12(14)16-13(2,3)4;1-8(2)9(12)14-6-7-15-10(13)16-11(3,4)5;1-5-9(12)14-7-6-8-15-10(13)16-11(2,3)4/h5-9H,1H2,2-4H3;1,6-7H2,2-5H3;5H,1,6-8H2,2-4H3. The Morgan fingerprint density at radius 3 is 1.46 bits per heavy atom. The summed E-state index contributed by atoms with van der Waals surface area (Å²) in [7, 11) is 0. The van der Waals surface area contributed by atoms with Gasteiger partial charge in [0.05, 0.1) is 13.2 Å². The van der Waals surface area contributed by atoms with Crippen LogP contribution in [0.25, 0.3) is 6.08 Å². The summed E-state index contributed by atoms with van der Waals surface area (Å²) >= 11 is 0. The van der Waals surface area contributed by atoms with E-state index in [1.165, 1.54) is 6.92 Å². The highest BCUT2D eigenvalue weighted by Gasteiger charge is 2.19. The molecule has 0 saturated heterocycles. The maximum absolute atomic E-state index is 11.3. The Labute approximate surface area is 284 Å². The monoisotopic (exact) mass is 680 g/mol. The number of rotatable bonds is 11. The lowest BCUT2D eigenvalue weighted by atomic mass is 10.2. The molecule has 0 heterocycles. The molecular weight excluding hydrogens is 628 g/mol. The van der Waals surface area contributed by atoms with Gasteiger partial charge in [-0.3, -0.25) is 0 Å². The smallest absolute Gasteiger partial charge is 0.462 e. The molecule has 1 aromatic carbocycles. The molecule has 0 unspecified atom stereocenters. The van der Waals surface area contributed by atoms with E-state index in [1.807, 2.05) is 12.1 Å². The van der Waals surface area contributed by atoms with Crippen molar-refractivity contribution in [2.75, 3.05) is 26.4 Å². The van der Waals surface area contributed by atoms with Crippen molar-refractivity contribution in [3.63, 3.8) is 0 Å². The van der Waals surface area contributed by atoms with Gasteiger partial charge in [0.1, 0.15) is 35.8 Å². The van der Waals surface area contributed by atoms with Gasteiger partial charge in [-0.15, -0.1) is 0 Å². The summed E-state index contributed by atoms with van der Waals surface area (Å²) in [5.41, 5.74) is -0.426. The average Bonchev–Trinajstić information content (AvgIpc) is 2.93. The van der Waals surface area contributed by atoms with Crippen LogP contribution in [0.4, 0.5) is 14.4 Å². The summed E-state index contributed by atoms with van der Waals surface area (Å²) in [4.78, 5) is 54.9. The first-order valence-corrected chi connectivity index (χ1v) is 14.9. The highest BCUT2D eigenvalue weighted by atomic mass is 16.7. The van der Waals surface area contributed by atoms with Crippen molar-refractivity contribution < 1.29 is 61.9 Å². The van der Waals surface area contributed by atoms with Crippen LogP contribution in [-0.2, 0) is 42.7 Å². The van der Waals surface area contributed by atoms with Crippen molar-refractivity contribution in [2.45, 2.75) is 92.5 Å². The SMILES string of the molecule is C=C(C)C(=O)OCCOC(=O)OC(C)(C)C.C=CC(=O)OCCCOC(=O)OC(C)(C)C.C=Cc1ccc(OC(=O)OC(C)(C)C)cc1. The zero-order valence-electron chi connectivity index (χ0n) is 29.9. The summed E-state index contributed by atoms with van der Waals surface area (Å²) in [6, 6.07) is 7.02. The van der Waals surface area contributed by atoms with Gasteiger partial charge in [-0.1, -0.05) is 37.9 Å². The van der Waals surface area contributed by atoms with Gasteiger partial charge < -0.3 is 37.9 Å². The summed E-state index contributed by atoms with van der Waals surface area (Å²) in [5, 5.41) is 0. The topological polar surface area (TPSA) is 159 Å².